The number of phenolic OH excluding ortho intramolecular Hbond substituents is 2. The molecule has 0 radical (unpaired) electrons. The van der Waals surface area contributed by atoms with Crippen molar-refractivity contribution in [3.8, 4) is 17.2 Å². The number of aliphatic carboxylic acids is 1. The van der Waals surface area contributed by atoms with Gasteiger partial charge in [-0.2, -0.15) is 0 Å². The quantitative estimate of drug-likeness (QED) is 0.104. The number of rotatable bonds is 9. The number of nitrogens with zero attached hydrogens (tertiary/aromatic N) is 2. The number of anilines is 1. The largest absolute Gasteiger partial charge is 0.508 e. The molecule has 1 saturated heterocycles. The Hall–Kier alpha value is -7.40. The first-order chi connectivity index (χ1) is 31.6. The van der Waals surface area contributed by atoms with E-state index in [4.69, 9.17) is 5.73 Å². The van der Waals surface area contributed by atoms with E-state index in [9.17, 15) is 39.3 Å². The fourth-order valence-electron chi connectivity index (χ4n) is 10.2. The van der Waals surface area contributed by atoms with Gasteiger partial charge in [-0.05, 0) is 89.5 Å². The zero-order valence-corrected chi connectivity index (χ0v) is 36.6. The summed E-state index contributed by atoms with van der Waals surface area (Å²) in [4.78, 5) is 87.6. The molecule has 66 heavy (non-hydrogen) atoms. The lowest BCUT2D eigenvalue weighted by atomic mass is 9.72. The number of hydrogen-bond acceptors (Lipinski definition) is 10. The highest BCUT2D eigenvalue weighted by molar-refractivity contribution is 5.99. The Bertz CT molecular complexity index is 2810. The highest BCUT2D eigenvalue weighted by atomic mass is 16.4. The average molecular weight is 897 g/mol. The first-order valence-corrected chi connectivity index (χ1v) is 22.2. The van der Waals surface area contributed by atoms with Gasteiger partial charge in [0.05, 0.1) is 22.7 Å². The number of carboxylic acid groups (broad SMARTS) is 1. The second kappa shape index (κ2) is 16.9. The molecule has 9 bridgehead atoms. The summed E-state index contributed by atoms with van der Waals surface area (Å²) >= 11 is 0. The molecule has 9 rings (SSSR count). The van der Waals surface area contributed by atoms with Crippen LogP contribution in [0.2, 0.25) is 0 Å². The van der Waals surface area contributed by atoms with Crippen molar-refractivity contribution in [2.24, 2.45) is 11.7 Å². The second-order valence-electron chi connectivity index (χ2n) is 18.1. The van der Waals surface area contributed by atoms with Crippen LogP contribution >= 0.6 is 0 Å². The Kier molecular flexibility index (Phi) is 11.2. The summed E-state index contributed by atoms with van der Waals surface area (Å²) in [6, 6.07) is 16.8. The summed E-state index contributed by atoms with van der Waals surface area (Å²) in [6.45, 7) is 5.16. The maximum absolute atomic E-state index is 15.7. The molecular weight excluding hydrogens is 845 g/mol. The van der Waals surface area contributed by atoms with Gasteiger partial charge in [-0.1, -0.05) is 62.7 Å². The van der Waals surface area contributed by atoms with Crippen LogP contribution in [0, 0.1) is 5.92 Å². The molecule has 17 heteroatoms. The minimum atomic E-state index is -1.42. The smallest absolute Gasteiger partial charge is 0.326 e. The van der Waals surface area contributed by atoms with Gasteiger partial charge in [0.1, 0.15) is 47.9 Å². The Balaban J connectivity index is 1.28. The minimum absolute atomic E-state index is 0.00322. The molecule has 5 amide bonds. The van der Waals surface area contributed by atoms with Crippen molar-refractivity contribution in [1.82, 2.24) is 30.7 Å². The summed E-state index contributed by atoms with van der Waals surface area (Å²) in [5.41, 5.74) is 9.76. The summed E-state index contributed by atoms with van der Waals surface area (Å²) in [6.07, 6.45) is 1.03. The van der Waals surface area contributed by atoms with E-state index in [0.29, 0.717) is 51.0 Å². The van der Waals surface area contributed by atoms with Gasteiger partial charge in [-0.25, -0.2) is 4.79 Å². The Morgan fingerprint density at radius 3 is 2.39 bits per heavy atom. The molecule has 0 unspecified atom stereocenters. The number of carbonyl (C=O) groups excluding carboxylic acids is 5. The monoisotopic (exact) mass is 896 g/mol. The number of carboxylic acids is 1. The molecule has 4 aliphatic heterocycles. The number of nitrogens with two attached hydrogens (primary N) is 1. The van der Waals surface area contributed by atoms with Crippen molar-refractivity contribution >= 4 is 52.1 Å². The fourth-order valence-corrected chi connectivity index (χ4v) is 10.2. The second-order valence-corrected chi connectivity index (χ2v) is 18.1. The van der Waals surface area contributed by atoms with Gasteiger partial charge in [-0.3, -0.25) is 24.0 Å². The van der Waals surface area contributed by atoms with E-state index in [1.165, 1.54) is 30.0 Å². The first kappa shape index (κ1) is 43.8. The topological polar surface area (TPSA) is 257 Å². The molecule has 4 aliphatic rings. The zero-order valence-electron chi connectivity index (χ0n) is 36.6. The fraction of sp³-hybridized carbons (Fsp3) is 0.347. The van der Waals surface area contributed by atoms with Crippen LogP contribution in [0.1, 0.15) is 61.4 Å². The van der Waals surface area contributed by atoms with E-state index in [2.05, 4.69) is 26.6 Å². The third kappa shape index (κ3) is 7.51. The molecule has 4 aromatic carbocycles. The Labute approximate surface area is 379 Å². The number of phenols is 2. The highest BCUT2D eigenvalue weighted by Crippen LogP contribution is 2.55. The van der Waals surface area contributed by atoms with Crippen molar-refractivity contribution in [3.63, 3.8) is 0 Å². The van der Waals surface area contributed by atoms with E-state index < -0.39 is 89.3 Å². The van der Waals surface area contributed by atoms with Crippen molar-refractivity contribution in [2.75, 3.05) is 5.32 Å². The summed E-state index contributed by atoms with van der Waals surface area (Å²) in [5.74, 6) is -5.14. The number of carbonyl (C=O) groups is 6. The van der Waals surface area contributed by atoms with Crippen LogP contribution in [0.4, 0.5) is 5.69 Å². The summed E-state index contributed by atoms with van der Waals surface area (Å²) < 4.78 is 1.81. The van der Waals surface area contributed by atoms with E-state index in [-0.39, 0.29) is 37.2 Å². The molecule has 5 aromatic rings. The molecule has 342 valence electrons. The number of hydrogen-bond donors (Lipinski definition) is 9. The van der Waals surface area contributed by atoms with Gasteiger partial charge in [-0.15, -0.1) is 0 Å². The first-order valence-electron chi connectivity index (χ1n) is 22.2. The highest BCUT2D eigenvalue weighted by Gasteiger charge is 2.62. The lowest BCUT2D eigenvalue weighted by Crippen LogP contribution is -2.62. The molecule has 17 nitrogen and oxygen atoms in total. The molecule has 9 atom stereocenters. The number of fused-ring (bicyclic) bond motifs is 11. The maximum atomic E-state index is 15.7. The van der Waals surface area contributed by atoms with Crippen LogP contribution in [-0.4, -0.2) is 103 Å². The van der Waals surface area contributed by atoms with Gasteiger partial charge >= 0.3 is 5.97 Å². The minimum Gasteiger partial charge on any atom is -0.508 e. The molecule has 5 heterocycles. The zero-order chi connectivity index (χ0) is 46.8. The molecular formula is C49H52N8O9. The third-order valence-corrected chi connectivity index (χ3v) is 13.9. The lowest BCUT2D eigenvalue weighted by Gasteiger charge is -2.37. The van der Waals surface area contributed by atoms with Crippen LogP contribution in [0.25, 0.3) is 16.6 Å². The van der Waals surface area contributed by atoms with Crippen molar-refractivity contribution in [2.45, 2.75) is 101 Å². The van der Waals surface area contributed by atoms with Gasteiger partial charge in [0.25, 0.3) is 0 Å². The SMILES string of the molecule is CC[C@H](C)[C@@H]1NC(=O)[C@@H]2Cc3ccc(O)c(c3)-n3cc(c4cc(ccc43)[C@]34C[C@@H](C(=O)N[C@@H](Cc5ccc(O)cc5)C(=O)O)N(C1=O)[C@H]3Nc1ccccc14)C[C@H](NC(=O)[C@H](C)N)C(=O)N2. The molecule has 1 aromatic heterocycles. The van der Waals surface area contributed by atoms with Crippen LogP contribution in [-0.2, 0) is 53.4 Å². The lowest BCUT2D eigenvalue weighted by molar-refractivity contribution is -0.146. The van der Waals surface area contributed by atoms with Crippen LogP contribution in [0.3, 0.4) is 0 Å². The van der Waals surface area contributed by atoms with Crippen LogP contribution in [0.5, 0.6) is 11.5 Å². The van der Waals surface area contributed by atoms with Gasteiger partial charge in [0.15, 0.2) is 0 Å². The Morgan fingerprint density at radius 1 is 0.909 bits per heavy atom. The molecule has 0 aliphatic carbocycles. The summed E-state index contributed by atoms with van der Waals surface area (Å²) in [7, 11) is 0. The van der Waals surface area contributed by atoms with Crippen molar-refractivity contribution in [3.05, 3.63) is 119 Å². The van der Waals surface area contributed by atoms with Crippen molar-refractivity contribution in [1.29, 1.82) is 0 Å². The number of para-hydroxylation sites is 1. The molecule has 1 fully saturated rings. The van der Waals surface area contributed by atoms with Gasteiger partial charge in [0.2, 0.25) is 29.5 Å². The van der Waals surface area contributed by atoms with Gasteiger partial charge < -0.3 is 57.1 Å². The predicted molar refractivity (Wildman–Crippen MR) is 243 cm³/mol. The Morgan fingerprint density at radius 2 is 1.67 bits per heavy atom. The standard InChI is InChI=1S/C49H52N8O9/c1-4-24(2)41-46(64)57-39(45(63)53-36(47(65)66)17-26-9-13-30(58)14-10-26)22-49(32-7-5-6-8-33(32)54-48(49)57)29-12-15-37-31(21-29)28-20-35(51-42(60)25(3)50)43(61)52-34(44(62)55-41)18-27-11-16-40(59)38(19-27)56(37)23-28/h5-16,19,21,23-25,34-36,39,41,48,54,58-59H,4,17-18,20,22,50H2,1-3H3,(H,51,60)(H,52,61)(H,53,63)(H,55,62)(H,65,66)/t24-,25-,34-,35-,36-,39-,41-,48+,49-/m0/s1. The van der Waals surface area contributed by atoms with E-state index in [1.54, 1.807) is 42.0 Å². The number of aromatic hydroxyl groups is 2. The van der Waals surface area contributed by atoms with E-state index >= 15 is 4.79 Å². The predicted octanol–water partition coefficient (Wildman–Crippen LogP) is 2.45. The maximum Gasteiger partial charge on any atom is 0.326 e. The number of benzene rings is 4. The normalized spacial score (nSPS) is 24.5. The number of nitrogens with one attached hydrogen (secondary N) is 5. The number of aromatic nitrogens is 1. The molecule has 0 spiro atoms. The van der Waals surface area contributed by atoms with Gasteiger partial charge in [0, 0.05) is 36.5 Å². The van der Waals surface area contributed by atoms with Crippen LogP contribution < -0.4 is 32.3 Å². The third-order valence-electron chi connectivity index (χ3n) is 13.9. The summed E-state index contributed by atoms with van der Waals surface area (Å²) in [5, 5.41) is 47.3. The molecule has 0 saturated carbocycles. The molecule has 10 N–H and O–H groups in total. The average Bonchev–Trinajstić information content (AvgIpc) is 3.94. The number of amides is 5. The van der Waals surface area contributed by atoms with Crippen molar-refractivity contribution < 1.29 is 44.1 Å². The van der Waals surface area contributed by atoms with E-state index in [0.717, 1.165) is 5.56 Å². The van der Waals surface area contributed by atoms with E-state index in [1.807, 2.05) is 49.4 Å². The van der Waals surface area contributed by atoms with Crippen LogP contribution in [0.15, 0.2) is 91.1 Å².